The van der Waals surface area contributed by atoms with Crippen LogP contribution in [0.3, 0.4) is 0 Å². The topological polar surface area (TPSA) is 74.9 Å². The van der Waals surface area contributed by atoms with E-state index in [-0.39, 0.29) is 17.8 Å². The quantitative estimate of drug-likeness (QED) is 0.504. The molecule has 1 saturated heterocycles. The summed E-state index contributed by atoms with van der Waals surface area (Å²) >= 11 is 0. The van der Waals surface area contributed by atoms with Gasteiger partial charge in [0, 0.05) is 45.3 Å². The summed E-state index contributed by atoms with van der Waals surface area (Å²) in [5, 5.41) is 4.10. The second kappa shape index (κ2) is 10.8. The second-order valence-corrected chi connectivity index (χ2v) is 8.55. The normalized spacial score (nSPS) is 15.8. The van der Waals surface area contributed by atoms with Gasteiger partial charge in [-0.25, -0.2) is 4.39 Å². The molecule has 0 radical (unpaired) electrons. The predicted molar refractivity (Wildman–Crippen MR) is 125 cm³/mol. The summed E-state index contributed by atoms with van der Waals surface area (Å²) in [6, 6.07) is 13.6. The summed E-state index contributed by atoms with van der Waals surface area (Å²) < 4.78 is 24.1. The van der Waals surface area contributed by atoms with E-state index in [2.05, 4.69) is 19.9 Å². The van der Waals surface area contributed by atoms with Crippen molar-refractivity contribution >= 4 is 5.91 Å². The maximum atomic E-state index is 13.4. The molecule has 0 aliphatic carbocycles. The van der Waals surface area contributed by atoms with Crippen molar-refractivity contribution in [1.29, 1.82) is 0 Å². The lowest BCUT2D eigenvalue weighted by molar-refractivity contribution is -0.136. The van der Waals surface area contributed by atoms with Crippen LogP contribution in [0, 0.1) is 5.82 Å². The molecule has 1 aliphatic heterocycles. The summed E-state index contributed by atoms with van der Waals surface area (Å²) in [4.78, 5) is 23.5. The molecular formula is C25H30FN5O3. The highest BCUT2D eigenvalue weighted by atomic mass is 19.1. The van der Waals surface area contributed by atoms with E-state index in [0.29, 0.717) is 24.8 Å². The van der Waals surface area contributed by atoms with Crippen LogP contribution in [-0.2, 0) is 17.9 Å². The molecule has 1 aliphatic rings. The number of amides is 1. The molecule has 180 valence electrons. The van der Waals surface area contributed by atoms with Crippen LogP contribution < -0.4 is 4.74 Å². The molecule has 4 rings (SSSR count). The number of halogens is 1. The van der Waals surface area contributed by atoms with Crippen molar-refractivity contribution < 1.29 is 18.4 Å². The van der Waals surface area contributed by atoms with Crippen LogP contribution >= 0.6 is 0 Å². The van der Waals surface area contributed by atoms with Crippen molar-refractivity contribution in [2.24, 2.45) is 0 Å². The number of hydrogen-bond donors (Lipinski definition) is 0. The zero-order valence-electron chi connectivity index (χ0n) is 19.8. The van der Waals surface area contributed by atoms with E-state index in [1.807, 2.05) is 37.3 Å². The Labute approximate surface area is 198 Å². The zero-order valence-corrected chi connectivity index (χ0v) is 19.8. The number of aromatic nitrogens is 2. The van der Waals surface area contributed by atoms with E-state index in [0.717, 1.165) is 43.1 Å². The van der Waals surface area contributed by atoms with Crippen molar-refractivity contribution in [3.63, 3.8) is 0 Å². The minimum atomic E-state index is -0.292. The number of piperazine rings is 1. The summed E-state index contributed by atoms with van der Waals surface area (Å²) in [7, 11) is 3.39. The van der Waals surface area contributed by atoms with Gasteiger partial charge in [-0.05, 0) is 48.9 Å². The van der Waals surface area contributed by atoms with Crippen molar-refractivity contribution in [2.45, 2.75) is 26.1 Å². The van der Waals surface area contributed by atoms with Crippen molar-refractivity contribution in [3.05, 3.63) is 65.8 Å². The van der Waals surface area contributed by atoms with Gasteiger partial charge in [0.25, 0.3) is 0 Å². The van der Waals surface area contributed by atoms with Crippen molar-refractivity contribution in [2.75, 3.05) is 40.3 Å². The first-order chi connectivity index (χ1) is 16.4. The molecule has 2 heterocycles. The van der Waals surface area contributed by atoms with Gasteiger partial charge in [-0.15, -0.1) is 0 Å². The first-order valence-corrected chi connectivity index (χ1v) is 11.4. The molecule has 9 heteroatoms. The number of ether oxygens (including phenoxy) is 1. The fraction of sp³-hybridized carbons (Fsp3) is 0.400. The number of carbonyl (C=O) groups is 1. The Bertz CT molecular complexity index is 1100. The fourth-order valence-corrected chi connectivity index (χ4v) is 4.14. The Hall–Kier alpha value is -3.30. The lowest BCUT2D eigenvalue weighted by Crippen LogP contribution is -2.53. The Morgan fingerprint density at radius 3 is 2.59 bits per heavy atom. The molecule has 1 fully saturated rings. The standard InChI is InChI=1S/C25H30FN5O3/c1-18(25(32)29(2)16-19-5-4-6-21(26)15-19)31-13-11-30(12-14-31)17-23-27-24(28-34-23)20-7-9-22(33-3)10-8-20/h4-10,15,18H,11-14,16-17H2,1-3H3/t18-/m1/s1. The summed E-state index contributed by atoms with van der Waals surface area (Å²) in [6.07, 6.45) is 0. The molecule has 1 atom stereocenters. The molecule has 2 aromatic carbocycles. The Kier molecular flexibility index (Phi) is 7.54. The highest BCUT2D eigenvalue weighted by Crippen LogP contribution is 2.20. The van der Waals surface area contributed by atoms with E-state index in [1.54, 1.807) is 25.1 Å². The molecule has 1 amide bonds. The molecule has 8 nitrogen and oxygen atoms in total. The minimum absolute atomic E-state index is 0.0266. The molecule has 0 saturated carbocycles. The molecule has 0 N–H and O–H groups in total. The first kappa shape index (κ1) is 23.8. The third-order valence-corrected chi connectivity index (χ3v) is 6.17. The van der Waals surface area contributed by atoms with Gasteiger partial charge in [-0.3, -0.25) is 14.6 Å². The number of benzene rings is 2. The van der Waals surface area contributed by atoms with Crippen LogP contribution in [0.5, 0.6) is 5.75 Å². The Morgan fingerprint density at radius 2 is 1.91 bits per heavy atom. The maximum absolute atomic E-state index is 13.4. The number of methoxy groups -OCH3 is 1. The maximum Gasteiger partial charge on any atom is 0.241 e. The number of hydrogen-bond acceptors (Lipinski definition) is 7. The predicted octanol–water partition coefficient (Wildman–Crippen LogP) is 3.05. The first-order valence-electron chi connectivity index (χ1n) is 11.4. The van der Waals surface area contributed by atoms with Crippen LogP contribution in [0.2, 0.25) is 0 Å². The number of rotatable bonds is 8. The van der Waals surface area contributed by atoms with Crippen LogP contribution in [0.4, 0.5) is 4.39 Å². The second-order valence-electron chi connectivity index (χ2n) is 8.55. The van der Waals surface area contributed by atoms with Crippen molar-refractivity contribution in [1.82, 2.24) is 24.8 Å². The number of nitrogens with zero attached hydrogens (tertiary/aromatic N) is 5. The van der Waals surface area contributed by atoms with Gasteiger partial charge in [0.2, 0.25) is 17.6 Å². The van der Waals surface area contributed by atoms with E-state index >= 15 is 0 Å². The van der Waals surface area contributed by atoms with Crippen LogP contribution in [-0.4, -0.2) is 77.1 Å². The number of carbonyl (C=O) groups excluding carboxylic acids is 1. The van der Waals surface area contributed by atoms with Crippen LogP contribution in [0.15, 0.2) is 53.1 Å². The average Bonchev–Trinajstić information content (AvgIpc) is 3.32. The van der Waals surface area contributed by atoms with Gasteiger partial charge >= 0.3 is 0 Å². The van der Waals surface area contributed by atoms with Crippen molar-refractivity contribution in [3.8, 4) is 17.1 Å². The molecule has 34 heavy (non-hydrogen) atoms. The Morgan fingerprint density at radius 1 is 1.18 bits per heavy atom. The third kappa shape index (κ3) is 5.78. The Balaban J connectivity index is 1.26. The minimum Gasteiger partial charge on any atom is -0.497 e. The lowest BCUT2D eigenvalue weighted by Gasteiger charge is -2.38. The monoisotopic (exact) mass is 467 g/mol. The van der Waals surface area contributed by atoms with Gasteiger partial charge in [-0.1, -0.05) is 17.3 Å². The number of likely N-dealkylation sites (N-methyl/N-ethyl adjacent to an activating group) is 1. The van der Waals surface area contributed by atoms with E-state index in [4.69, 9.17) is 9.26 Å². The van der Waals surface area contributed by atoms with Crippen LogP contribution in [0.1, 0.15) is 18.4 Å². The highest BCUT2D eigenvalue weighted by molar-refractivity contribution is 5.81. The summed E-state index contributed by atoms with van der Waals surface area (Å²) in [5.41, 5.74) is 1.65. The van der Waals surface area contributed by atoms with Gasteiger partial charge in [0.15, 0.2) is 0 Å². The molecule has 1 aromatic heterocycles. The fourth-order valence-electron chi connectivity index (χ4n) is 4.14. The molecule has 3 aromatic rings. The third-order valence-electron chi connectivity index (χ3n) is 6.17. The van der Waals surface area contributed by atoms with E-state index in [1.165, 1.54) is 12.1 Å². The van der Waals surface area contributed by atoms with Gasteiger partial charge < -0.3 is 14.2 Å². The lowest BCUT2D eigenvalue weighted by atomic mass is 10.1. The SMILES string of the molecule is COc1ccc(-c2noc(CN3CCN([C@H](C)C(=O)N(C)Cc4cccc(F)c4)CC3)n2)cc1. The summed E-state index contributed by atoms with van der Waals surface area (Å²) in [5.74, 6) is 1.63. The molecule has 0 bridgehead atoms. The van der Waals surface area contributed by atoms with Gasteiger partial charge in [0.1, 0.15) is 11.6 Å². The summed E-state index contributed by atoms with van der Waals surface area (Å²) in [6.45, 7) is 6.00. The molecule has 0 unspecified atom stereocenters. The average molecular weight is 468 g/mol. The van der Waals surface area contributed by atoms with Gasteiger partial charge in [-0.2, -0.15) is 4.98 Å². The molecular weight excluding hydrogens is 437 g/mol. The van der Waals surface area contributed by atoms with Gasteiger partial charge in [0.05, 0.1) is 19.7 Å². The zero-order chi connectivity index (χ0) is 24.1. The highest BCUT2D eigenvalue weighted by Gasteiger charge is 2.28. The van der Waals surface area contributed by atoms with E-state index < -0.39 is 0 Å². The van der Waals surface area contributed by atoms with Crippen LogP contribution in [0.25, 0.3) is 11.4 Å². The smallest absolute Gasteiger partial charge is 0.241 e. The largest absolute Gasteiger partial charge is 0.497 e. The van der Waals surface area contributed by atoms with E-state index in [9.17, 15) is 9.18 Å². The molecule has 0 spiro atoms.